The Hall–Kier alpha value is -1.92. The van der Waals surface area contributed by atoms with Crippen molar-refractivity contribution < 1.29 is 14.3 Å². The van der Waals surface area contributed by atoms with Crippen LogP contribution in [0.3, 0.4) is 0 Å². The molecule has 1 atom stereocenters. The van der Waals surface area contributed by atoms with Crippen LogP contribution in [0.4, 0.5) is 0 Å². The number of carbonyl (C=O) groups is 1. The lowest BCUT2D eigenvalue weighted by Gasteiger charge is -2.37. The molecule has 2 aromatic rings. The summed E-state index contributed by atoms with van der Waals surface area (Å²) in [6, 6.07) is 5.66. The van der Waals surface area contributed by atoms with Gasteiger partial charge in [0.05, 0.1) is 24.0 Å². The number of ether oxygens (including phenoxy) is 2. The number of H-pyrrole nitrogens is 1. The third kappa shape index (κ3) is 2.59. The van der Waals surface area contributed by atoms with Crippen molar-refractivity contribution in [3.05, 3.63) is 30.1 Å². The topological polar surface area (TPSA) is 67.5 Å². The third-order valence-electron chi connectivity index (χ3n) is 5.62. The van der Waals surface area contributed by atoms with Crippen LogP contribution in [-0.2, 0) is 9.47 Å². The maximum absolute atomic E-state index is 13.0. The minimum absolute atomic E-state index is 0.0935. The van der Waals surface area contributed by atoms with Gasteiger partial charge in [-0.05, 0) is 36.5 Å². The van der Waals surface area contributed by atoms with Crippen molar-refractivity contribution >= 4 is 16.9 Å². The summed E-state index contributed by atoms with van der Waals surface area (Å²) in [5, 5.41) is 0. The number of benzene rings is 1. The second-order valence-corrected chi connectivity index (χ2v) is 6.95. The minimum Gasteiger partial charge on any atom is -0.384 e. The number of amides is 1. The van der Waals surface area contributed by atoms with Crippen molar-refractivity contribution in [2.45, 2.75) is 12.8 Å². The van der Waals surface area contributed by atoms with Gasteiger partial charge < -0.3 is 19.4 Å². The van der Waals surface area contributed by atoms with E-state index in [0.29, 0.717) is 18.1 Å². The Kier molecular flexibility index (Phi) is 4.02. The van der Waals surface area contributed by atoms with E-state index in [1.807, 2.05) is 23.1 Å². The Morgan fingerprint density at radius 1 is 1.46 bits per heavy atom. The number of imidazole rings is 1. The highest BCUT2D eigenvalue weighted by atomic mass is 16.5. The van der Waals surface area contributed by atoms with E-state index in [0.717, 1.165) is 50.2 Å². The number of likely N-dealkylation sites (tertiary alicyclic amines) is 1. The maximum Gasteiger partial charge on any atom is 0.253 e. The summed E-state index contributed by atoms with van der Waals surface area (Å²) >= 11 is 0. The van der Waals surface area contributed by atoms with Crippen LogP contribution < -0.4 is 0 Å². The summed E-state index contributed by atoms with van der Waals surface area (Å²) in [5.41, 5.74) is 2.63. The van der Waals surface area contributed by atoms with Gasteiger partial charge in [0.25, 0.3) is 5.91 Å². The Balaban J connectivity index is 1.58. The predicted octanol–water partition coefficient (Wildman–Crippen LogP) is 2.08. The first-order valence-corrected chi connectivity index (χ1v) is 8.51. The van der Waals surface area contributed by atoms with Crippen LogP contribution in [0.2, 0.25) is 0 Å². The SMILES string of the molecule is COCC1CN(C(=O)c2ccc3nc[nH]c3c2)CC12CCOCC2. The fraction of sp³-hybridized carbons (Fsp3) is 0.556. The Labute approximate surface area is 141 Å². The van der Waals surface area contributed by atoms with Gasteiger partial charge in [-0.25, -0.2) is 4.98 Å². The van der Waals surface area contributed by atoms with Crippen molar-refractivity contribution in [2.75, 3.05) is 40.0 Å². The molecule has 24 heavy (non-hydrogen) atoms. The molecule has 1 amide bonds. The molecule has 0 bridgehead atoms. The fourth-order valence-corrected chi connectivity index (χ4v) is 4.21. The molecule has 1 spiro atoms. The number of aromatic nitrogens is 2. The molecule has 2 fully saturated rings. The van der Waals surface area contributed by atoms with E-state index >= 15 is 0 Å². The number of rotatable bonds is 3. The molecule has 0 radical (unpaired) electrons. The zero-order chi connectivity index (χ0) is 16.6. The first-order valence-electron chi connectivity index (χ1n) is 8.51. The first kappa shape index (κ1) is 15.6. The number of aromatic amines is 1. The first-order chi connectivity index (χ1) is 11.7. The van der Waals surface area contributed by atoms with Crippen LogP contribution in [0.15, 0.2) is 24.5 Å². The van der Waals surface area contributed by atoms with Crippen molar-refractivity contribution in [3.63, 3.8) is 0 Å². The summed E-state index contributed by atoms with van der Waals surface area (Å²) in [6.45, 7) is 3.81. The molecule has 1 N–H and O–H groups in total. The Morgan fingerprint density at radius 3 is 3.08 bits per heavy atom. The van der Waals surface area contributed by atoms with Gasteiger partial charge in [0.15, 0.2) is 0 Å². The molecule has 1 aromatic heterocycles. The average Bonchev–Trinajstić information content (AvgIpc) is 3.20. The molecule has 1 unspecified atom stereocenters. The van der Waals surface area contributed by atoms with Crippen LogP contribution in [0.25, 0.3) is 11.0 Å². The molecule has 2 saturated heterocycles. The largest absolute Gasteiger partial charge is 0.384 e. The van der Waals surface area contributed by atoms with Crippen LogP contribution >= 0.6 is 0 Å². The van der Waals surface area contributed by atoms with Gasteiger partial charge in [-0.1, -0.05) is 0 Å². The van der Waals surface area contributed by atoms with Crippen molar-refractivity contribution in [3.8, 4) is 0 Å². The standard InChI is InChI=1S/C18H23N3O3/c1-23-10-14-9-21(11-18(14)4-6-24-7-5-18)17(22)13-2-3-15-16(8-13)20-12-19-15/h2-3,8,12,14H,4-7,9-11H2,1H3,(H,19,20). The van der Waals surface area contributed by atoms with Crippen LogP contribution in [-0.4, -0.2) is 60.8 Å². The Morgan fingerprint density at radius 2 is 2.29 bits per heavy atom. The zero-order valence-corrected chi connectivity index (χ0v) is 14.0. The number of carbonyl (C=O) groups excluding carboxylic acids is 1. The van der Waals surface area contributed by atoms with Gasteiger partial charge in [-0.15, -0.1) is 0 Å². The number of methoxy groups -OCH3 is 1. The smallest absolute Gasteiger partial charge is 0.253 e. The monoisotopic (exact) mass is 329 g/mol. The number of hydrogen-bond acceptors (Lipinski definition) is 4. The van der Waals surface area contributed by atoms with Gasteiger partial charge in [0, 0.05) is 44.9 Å². The molecule has 0 aliphatic carbocycles. The molecule has 0 saturated carbocycles. The van der Waals surface area contributed by atoms with E-state index in [1.54, 1.807) is 13.4 Å². The van der Waals surface area contributed by atoms with E-state index in [2.05, 4.69) is 9.97 Å². The van der Waals surface area contributed by atoms with E-state index in [9.17, 15) is 4.79 Å². The van der Waals surface area contributed by atoms with Gasteiger partial charge in [0.1, 0.15) is 0 Å². The normalized spacial score (nSPS) is 23.2. The van der Waals surface area contributed by atoms with E-state index in [-0.39, 0.29) is 11.3 Å². The van der Waals surface area contributed by atoms with Crippen molar-refractivity contribution in [1.82, 2.24) is 14.9 Å². The minimum atomic E-state index is 0.0935. The van der Waals surface area contributed by atoms with E-state index < -0.39 is 0 Å². The summed E-state index contributed by atoms with van der Waals surface area (Å²) in [4.78, 5) is 22.3. The van der Waals surface area contributed by atoms with Gasteiger partial charge in [-0.2, -0.15) is 0 Å². The molecule has 128 valence electrons. The van der Waals surface area contributed by atoms with Crippen molar-refractivity contribution in [1.29, 1.82) is 0 Å². The van der Waals surface area contributed by atoms with Gasteiger partial charge in [0.2, 0.25) is 0 Å². The number of nitrogens with one attached hydrogen (secondary N) is 1. The summed E-state index contributed by atoms with van der Waals surface area (Å²) in [5.74, 6) is 0.474. The molecule has 6 nitrogen and oxygen atoms in total. The molecule has 1 aromatic carbocycles. The van der Waals surface area contributed by atoms with E-state index in [1.165, 1.54) is 0 Å². The molecular formula is C18H23N3O3. The highest BCUT2D eigenvalue weighted by molar-refractivity contribution is 5.97. The number of hydrogen-bond donors (Lipinski definition) is 1. The second-order valence-electron chi connectivity index (χ2n) is 6.95. The lowest BCUT2D eigenvalue weighted by Crippen LogP contribution is -2.39. The van der Waals surface area contributed by atoms with Crippen LogP contribution in [0.5, 0.6) is 0 Å². The molecule has 2 aliphatic heterocycles. The van der Waals surface area contributed by atoms with Crippen molar-refractivity contribution in [2.24, 2.45) is 11.3 Å². The highest BCUT2D eigenvalue weighted by Gasteiger charge is 2.48. The molecule has 6 heteroatoms. The van der Waals surface area contributed by atoms with Gasteiger partial charge in [-0.3, -0.25) is 4.79 Å². The predicted molar refractivity (Wildman–Crippen MR) is 89.8 cm³/mol. The lowest BCUT2D eigenvalue weighted by atomic mass is 9.72. The highest BCUT2D eigenvalue weighted by Crippen LogP contribution is 2.44. The molecular weight excluding hydrogens is 306 g/mol. The second kappa shape index (κ2) is 6.18. The van der Waals surface area contributed by atoms with Crippen LogP contribution in [0.1, 0.15) is 23.2 Å². The van der Waals surface area contributed by atoms with E-state index in [4.69, 9.17) is 9.47 Å². The summed E-state index contributed by atoms with van der Waals surface area (Å²) < 4.78 is 11.0. The molecule has 4 rings (SSSR count). The lowest BCUT2D eigenvalue weighted by molar-refractivity contribution is -0.0169. The number of nitrogens with zero attached hydrogens (tertiary/aromatic N) is 2. The quantitative estimate of drug-likeness (QED) is 0.936. The summed E-state index contributed by atoms with van der Waals surface area (Å²) in [7, 11) is 1.74. The maximum atomic E-state index is 13.0. The summed E-state index contributed by atoms with van der Waals surface area (Å²) in [6.07, 6.45) is 3.66. The fourth-order valence-electron chi connectivity index (χ4n) is 4.21. The average molecular weight is 329 g/mol. The Bertz CT molecular complexity index is 736. The number of fused-ring (bicyclic) bond motifs is 1. The van der Waals surface area contributed by atoms with Gasteiger partial charge >= 0.3 is 0 Å². The molecule has 3 heterocycles. The zero-order valence-electron chi connectivity index (χ0n) is 14.0. The van der Waals surface area contributed by atoms with Crippen LogP contribution in [0, 0.1) is 11.3 Å². The molecule has 2 aliphatic rings. The third-order valence-corrected chi connectivity index (χ3v) is 5.62.